The fourth-order valence-electron chi connectivity index (χ4n) is 8.92. The van der Waals surface area contributed by atoms with E-state index in [2.05, 4.69) is 187 Å². The fraction of sp³-hybridized carbons (Fsp3) is 0.184. The number of nitrogens with zero attached hydrogens (tertiary/aromatic N) is 2. The number of aromatic nitrogens is 2. The summed E-state index contributed by atoms with van der Waals surface area (Å²) in [5.41, 5.74) is 4.78. The second kappa shape index (κ2) is 12.4. The normalized spacial score (nSPS) is 16.0. The van der Waals surface area contributed by atoms with E-state index in [1.807, 2.05) is 12.3 Å². The maximum absolute atomic E-state index is 7.29. The Morgan fingerprint density at radius 3 is 1.67 bits per heavy atom. The van der Waals surface area contributed by atoms with Gasteiger partial charge in [0.05, 0.1) is 5.56 Å². The Labute approximate surface area is 319 Å². The molecule has 266 valence electrons. The Hall–Kier alpha value is -5.78. The van der Waals surface area contributed by atoms with Crippen LogP contribution < -0.4 is 30.4 Å². The van der Waals surface area contributed by atoms with Crippen molar-refractivity contribution in [2.24, 2.45) is 0 Å². The molecule has 7 aromatic rings. The van der Waals surface area contributed by atoms with Crippen LogP contribution in [0.25, 0.3) is 11.4 Å². The maximum atomic E-state index is 7.29. The van der Waals surface area contributed by atoms with Crippen molar-refractivity contribution in [3.8, 4) is 34.4 Å². The van der Waals surface area contributed by atoms with Crippen LogP contribution in [0.1, 0.15) is 63.8 Å². The van der Waals surface area contributed by atoms with E-state index in [9.17, 15) is 0 Å². The Kier molecular flexibility index (Phi) is 7.81. The minimum atomic E-state index is -3.23. The average molecular weight is 721 g/mol. The van der Waals surface area contributed by atoms with Crippen molar-refractivity contribution in [3.63, 3.8) is 0 Å². The van der Waals surface area contributed by atoms with Crippen LogP contribution in [0.15, 0.2) is 158 Å². The first-order valence-electron chi connectivity index (χ1n) is 18.8. The van der Waals surface area contributed by atoms with E-state index in [-0.39, 0.29) is 16.2 Å². The van der Waals surface area contributed by atoms with E-state index in [1.54, 1.807) is 0 Å². The average Bonchev–Trinajstić information content (AvgIpc) is 3.26. The summed E-state index contributed by atoms with van der Waals surface area (Å²) in [5.74, 6) is 4.12. The highest BCUT2D eigenvalue weighted by molar-refractivity contribution is 7.19. The van der Waals surface area contributed by atoms with Crippen LogP contribution in [0.5, 0.6) is 23.0 Å². The van der Waals surface area contributed by atoms with Crippen molar-refractivity contribution >= 4 is 29.0 Å². The molecule has 0 N–H and O–H groups in total. The molecule has 0 unspecified atom stereocenters. The zero-order valence-corrected chi connectivity index (χ0v) is 32.7. The second-order valence-corrected chi connectivity index (χ2v) is 19.9. The molecule has 0 amide bonds. The molecule has 1 aromatic heterocycles. The molecule has 0 saturated carbocycles. The summed E-state index contributed by atoms with van der Waals surface area (Å²) in [6.07, 6.45) is 1.93. The van der Waals surface area contributed by atoms with Crippen molar-refractivity contribution in [1.82, 2.24) is 9.97 Å². The van der Waals surface area contributed by atoms with Crippen LogP contribution in [-0.2, 0) is 16.2 Å². The smallest absolute Gasteiger partial charge is 0.205 e. The van der Waals surface area contributed by atoms with Crippen LogP contribution >= 0.6 is 0 Å². The second-order valence-electron chi connectivity index (χ2n) is 16.2. The fourth-order valence-corrected chi connectivity index (χ4v) is 13.6. The standard InChI is InChI=1S/C49H44N2O2Si/c1-47(2)36-24-13-15-28-40(36)52-44-35(23-17-26-38(44)47)46-50-32-31-43(51-46)54(33-19-9-7-10-20-33,34-21-11-8-12-22-34)42-30-18-27-39-45(42)53-41-29-16-14-25-37(41)48(3,4)49(39,5)6/h7-32H,1-6H3. The molecule has 0 radical (unpaired) electrons. The third-order valence-electron chi connectivity index (χ3n) is 12.6. The molecule has 3 heterocycles. The largest absolute Gasteiger partial charge is 0.457 e. The van der Waals surface area contributed by atoms with Crippen LogP contribution in [-0.4, -0.2) is 18.0 Å². The Balaban J connectivity index is 1.35. The first-order valence-corrected chi connectivity index (χ1v) is 20.8. The lowest BCUT2D eigenvalue weighted by Crippen LogP contribution is -2.75. The quantitative estimate of drug-likeness (QED) is 0.131. The Morgan fingerprint density at radius 2 is 0.981 bits per heavy atom. The van der Waals surface area contributed by atoms with Crippen molar-refractivity contribution in [1.29, 1.82) is 0 Å². The van der Waals surface area contributed by atoms with Crippen molar-refractivity contribution in [3.05, 3.63) is 180 Å². The molecule has 9 rings (SSSR count). The molecule has 0 spiro atoms. The van der Waals surface area contributed by atoms with Crippen molar-refractivity contribution in [2.45, 2.75) is 57.8 Å². The van der Waals surface area contributed by atoms with Gasteiger partial charge in [0.15, 0.2) is 5.82 Å². The van der Waals surface area contributed by atoms with E-state index in [1.165, 1.54) is 27.1 Å². The molecule has 2 aliphatic rings. The lowest BCUT2D eigenvalue weighted by Gasteiger charge is -2.42. The number of fused-ring (bicyclic) bond motifs is 4. The molecular weight excluding hydrogens is 677 g/mol. The minimum Gasteiger partial charge on any atom is -0.457 e. The number of benzene rings is 6. The van der Waals surface area contributed by atoms with E-state index < -0.39 is 8.07 Å². The lowest BCUT2D eigenvalue weighted by molar-refractivity contribution is 0.306. The molecule has 54 heavy (non-hydrogen) atoms. The van der Waals surface area contributed by atoms with Crippen molar-refractivity contribution < 1.29 is 9.47 Å². The van der Waals surface area contributed by atoms with Gasteiger partial charge < -0.3 is 9.47 Å². The van der Waals surface area contributed by atoms with E-state index in [0.29, 0.717) is 5.82 Å². The summed E-state index contributed by atoms with van der Waals surface area (Å²) >= 11 is 0. The van der Waals surface area contributed by atoms with Gasteiger partial charge in [-0.25, -0.2) is 9.97 Å². The highest BCUT2D eigenvalue weighted by atomic mass is 28.3. The molecule has 0 aliphatic carbocycles. The molecule has 5 heteroatoms. The van der Waals surface area contributed by atoms with Crippen LogP contribution in [0.2, 0.25) is 0 Å². The number of hydrogen-bond acceptors (Lipinski definition) is 4. The van der Waals surface area contributed by atoms with Gasteiger partial charge in [-0.2, -0.15) is 0 Å². The van der Waals surface area contributed by atoms with Gasteiger partial charge in [-0.3, -0.25) is 0 Å². The van der Waals surface area contributed by atoms with Gasteiger partial charge in [0.25, 0.3) is 0 Å². The van der Waals surface area contributed by atoms with E-state index in [0.717, 1.165) is 44.6 Å². The van der Waals surface area contributed by atoms with E-state index >= 15 is 0 Å². The first-order chi connectivity index (χ1) is 26.1. The number of hydrogen-bond donors (Lipinski definition) is 0. The lowest BCUT2D eigenvalue weighted by atomic mass is 9.61. The van der Waals surface area contributed by atoms with Crippen molar-refractivity contribution in [2.75, 3.05) is 0 Å². The SMILES string of the molecule is CC1(C)c2ccccc2Oc2c(-c3nccc([Si](c4ccccc4)(c4ccccc4)c4cccc5c4Oc4ccccc4C(C)(C)C5(C)C)n3)cccc21. The summed E-state index contributed by atoms with van der Waals surface area (Å²) in [5, 5.41) is 4.57. The molecule has 6 aromatic carbocycles. The maximum Gasteiger partial charge on any atom is 0.205 e. The molecule has 0 bridgehead atoms. The zero-order chi connectivity index (χ0) is 37.3. The van der Waals surface area contributed by atoms with Crippen LogP contribution in [0.3, 0.4) is 0 Å². The first kappa shape index (κ1) is 34.0. The van der Waals surface area contributed by atoms with Crippen LogP contribution in [0, 0.1) is 0 Å². The van der Waals surface area contributed by atoms with Gasteiger partial charge in [0, 0.05) is 50.0 Å². The van der Waals surface area contributed by atoms with Crippen LogP contribution in [0.4, 0.5) is 0 Å². The molecule has 2 aliphatic heterocycles. The highest BCUT2D eigenvalue weighted by Crippen LogP contribution is 2.53. The molecule has 0 fully saturated rings. The monoisotopic (exact) mass is 720 g/mol. The Morgan fingerprint density at radius 1 is 0.463 bits per heavy atom. The number of ether oxygens (including phenoxy) is 2. The van der Waals surface area contributed by atoms with E-state index in [4.69, 9.17) is 19.4 Å². The summed E-state index contributed by atoms with van der Waals surface area (Å²) in [4.78, 5) is 10.6. The predicted octanol–water partition coefficient (Wildman–Crippen LogP) is 9.31. The van der Waals surface area contributed by atoms with Gasteiger partial charge >= 0.3 is 0 Å². The number of para-hydroxylation sites is 4. The predicted molar refractivity (Wildman–Crippen MR) is 222 cm³/mol. The van der Waals surface area contributed by atoms with Gasteiger partial charge in [-0.15, -0.1) is 0 Å². The third-order valence-corrected chi connectivity index (χ3v) is 17.2. The molecule has 4 nitrogen and oxygen atoms in total. The third kappa shape index (κ3) is 4.88. The van der Waals surface area contributed by atoms with Gasteiger partial charge in [-0.05, 0) is 39.8 Å². The molecular formula is C49H44N2O2Si. The summed E-state index contributed by atoms with van der Waals surface area (Å²) in [6.45, 7) is 13.9. The molecule has 0 saturated heterocycles. The summed E-state index contributed by atoms with van der Waals surface area (Å²) in [6, 6.07) is 54.0. The Bertz CT molecular complexity index is 2500. The summed E-state index contributed by atoms with van der Waals surface area (Å²) in [7, 11) is -3.23. The van der Waals surface area contributed by atoms with Gasteiger partial charge in [0.2, 0.25) is 8.07 Å². The molecule has 0 atom stereocenters. The van der Waals surface area contributed by atoms with Gasteiger partial charge in [0.1, 0.15) is 23.0 Å². The zero-order valence-electron chi connectivity index (χ0n) is 31.7. The summed E-state index contributed by atoms with van der Waals surface area (Å²) < 4.78 is 14.0. The highest BCUT2D eigenvalue weighted by Gasteiger charge is 2.50. The topological polar surface area (TPSA) is 44.2 Å². The van der Waals surface area contributed by atoms with Gasteiger partial charge in [-0.1, -0.05) is 169 Å². The number of rotatable bonds is 5. The minimum absolute atomic E-state index is 0.224.